The van der Waals surface area contributed by atoms with Gasteiger partial charge < -0.3 is 9.84 Å². The molecule has 0 heterocycles. The fraction of sp³-hybridized carbons (Fsp3) is 0.462. The predicted octanol–water partition coefficient (Wildman–Crippen LogP) is 2.43. The number of carbonyl (C=O) groups is 1. The zero-order valence-corrected chi connectivity index (χ0v) is 9.77. The lowest BCUT2D eigenvalue weighted by Gasteiger charge is -2.12. The molecule has 88 valence electrons. The third-order valence-corrected chi connectivity index (χ3v) is 2.30. The average Bonchev–Trinajstić information content (AvgIpc) is 2.34. The summed E-state index contributed by atoms with van der Waals surface area (Å²) < 4.78 is 5.47. The van der Waals surface area contributed by atoms with Crippen molar-refractivity contribution in [3.63, 3.8) is 0 Å². The van der Waals surface area contributed by atoms with Gasteiger partial charge in [-0.2, -0.15) is 0 Å². The molecule has 16 heavy (non-hydrogen) atoms. The van der Waals surface area contributed by atoms with Crippen molar-refractivity contribution in [1.82, 2.24) is 0 Å². The number of ketones is 1. The van der Waals surface area contributed by atoms with Crippen LogP contribution in [0, 0.1) is 0 Å². The van der Waals surface area contributed by atoms with Gasteiger partial charge in [0, 0.05) is 0 Å². The number of Topliss-reactive ketones (excluding diaryl/α,β-unsaturated/α-hetero) is 1. The molecule has 0 aliphatic heterocycles. The van der Waals surface area contributed by atoms with E-state index in [0.29, 0.717) is 24.3 Å². The molecule has 3 nitrogen and oxygen atoms in total. The Morgan fingerprint density at radius 1 is 1.38 bits per heavy atom. The van der Waals surface area contributed by atoms with Crippen molar-refractivity contribution in [1.29, 1.82) is 0 Å². The van der Waals surface area contributed by atoms with Gasteiger partial charge in [-0.25, -0.2) is 0 Å². The minimum Gasteiger partial charge on any atom is -0.493 e. The minimum absolute atomic E-state index is 0.269. The number of aliphatic hydroxyl groups excluding tert-OH is 1. The normalized spacial score (nSPS) is 12.2. The first kappa shape index (κ1) is 12.7. The van der Waals surface area contributed by atoms with Crippen molar-refractivity contribution in [3.05, 3.63) is 29.8 Å². The standard InChI is InChI=1S/C13H18O3/c1-3-9-16-12-8-6-5-7-10(12)13(15)11(14)4-2/h5-8,11,14H,3-4,9H2,1-2H3. The summed E-state index contributed by atoms with van der Waals surface area (Å²) in [5, 5.41) is 9.52. The van der Waals surface area contributed by atoms with Crippen LogP contribution in [0.5, 0.6) is 5.75 Å². The maximum atomic E-state index is 11.8. The number of hydrogen-bond donors (Lipinski definition) is 1. The van der Waals surface area contributed by atoms with Crippen LogP contribution in [0.3, 0.4) is 0 Å². The van der Waals surface area contributed by atoms with E-state index in [1.807, 2.05) is 13.0 Å². The number of aliphatic hydroxyl groups is 1. The third kappa shape index (κ3) is 3.07. The summed E-state index contributed by atoms with van der Waals surface area (Å²) in [7, 11) is 0. The number of carbonyl (C=O) groups excluding carboxylic acids is 1. The van der Waals surface area contributed by atoms with E-state index in [9.17, 15) is 9.90 Å². The van der Waals surface area contributed by atoms with Crippen molar-refractivity contribution in [3.8, 4) is 5.75 Å². The van der Waals surface area contributed by atoms with Gasteiger partial charge >= 0.3 is 0 Å². The van der Waals surface area contributed by atoms with E-state index in [1.165, 1.54) is 0 Å². The van der Waals surface area contributed by atoms with Crippen molar-refractivity contribution in [2.24, 2.45) is 0 Å². The van der Waals surface area contributed by atoms with Crippen molar-refractivity contribution < 1.29 is 14.6 Å². The van der Waals surface area contributed by atoms with Crippen LogP contribution in [0.25, 0.3) is 0 Å². The first-order chi connectivity index (χ1) is 7.70. The lowest BCUT2D eigenvalue weighted by atomic mass is 10.0. The Balaban J connectivity index is 2.89. The molecule has 1 atom stereocenters. The van der Waals surface area contributed by atoms with Crippen LogP contribution in [0.4, 0.5) is 0 Å². The van der Waals surface area contributed by atoms with Crippen LogP contribution in [0.15, 0.2) is 24.3 Å². The fourth-order valence-corrected chi connectivity index (χ4v) is 1.37. The molecule has 1 aromatic carbocycles. The molecule has 0 aromatic heterocycles. The Morgan fingerprint density at radius 2 is 2.06 bits per heavy atom. The molecular weight excluding hydrogens is 204 g/mol. The molecule has 1 rings (SSSR count). The molecule has 0 bridgehead atoms. The van der Waals surface area contributed by atoms with E-state index in [1.54, 1.807) is 25.1 Å². The second kappa shape index (κ2) is 6.28. The summed E-state index contributed by atoms with van der Waals surface area (Å²) in [5.41, 5.74) is 0.463. The highest BCUT2D eigenvalue weighted by molar-refractivity contribution is 6.01. The van der Waals surface area contributed by atoms with Gasteiger partial charge in [-0.15, -0.1) is 0 Å². The average molecular weight is 222 g/mol. The molecular formula is C13H18O3. The molecule has 1 unspecified atom stereocenters. The summed E-state index contributed by atoms with van der Waals surface area (Å²) in [6.07, 6.45) is 0.367. The molecule has 0 spiro atoms. The molecule has 0 aliphatic carbocycles. The monoisotopic (exact) mass is 222 g/mol. The van der Waals surface area contributed by atoms with E-state index in [-0.39, 0.29) is 5.78 Å². The molecule has 1 aromatic rings. The molecule has 0 aliphatic rings. The summed E-state index contributed by atoms with van der Waals surface area (Å²) in [6.45, 7) is 4.36. The predicted molar refractivity (Wildman–Crippen MR) is 62.9 cm³/mol. The maximum absolute atomic E-state index is 11.8. The lowest BCUT2D eigenvalue weighted by molar-refractivity contribution is 0.0736. The van der Waals surface area contributed by atoms with Gasteiger partial charge in [0.15, 0.2) is 5.78 Å². The molecule has 0 saturated heterocycles. The van der Waals surface area contributed by atoms with Crippen molar-refractivity contribution >= 4 is 5.78 Å². The number of hydrogen-bond acceptors (Lipinski definition) is 3. The van der Waals surface area contributed by atoms with E-state index >= 15 is 0 Å². The van der Waals surface area contributed by atoms with E-state index in [0.717, 1.165) is 6.42 Å². The van der Waals surface area contributed by atoms with E-state index < -0.39 is 6.10 Å². The van der Waals surface area contributed by atoms with Crippen LogP contribution < -0.4 is 4.74 Å². The van der Waals surface area contributed by atoms with Crippen LogP contribution in [-0.2, 0) is 0 Å². The number of benzene rings is 1. The third-order valence-electron chi connectivity index (χ3n) is 2.30. The van der Waals surface area contributed by atoms with Gasteiger partial charge in [-0.1, -0.05) is 26.0 Å². The second-order valence-electron chi connectivity index (χ2n) is 3.63. The lowest BCUT2D eigenvalue weighted by Crippen LogP contribution is -2.20. The quantitative estimate of drug-likeness (QED) is 0.752. The largest absolute Gasteiger partial charge is 0.493 e. The Hall–Kier alpha value is -1.35. The first-order valence-corrected chi connectivity index (χ1v) is 5.64. The number of para-hydroxylation sites is 1. The molecule has 1 N–H and O–H groups in total. The molecule has 0 saturated carbocycles. The Morgan fingerprint density at radius 3 is 2.69 bits per heavy atom. The topological polar surface area (TPSA) is 46.5 Å². The highest BCUT2D eigenvalue weighted by Crippen LogP contribution is 2.20. The van der Waals surface area contributed by atoms with Gasteiger partial charge in [-0.3, -0.25) is 4.79 Å². The zero-order valence-electron chi connectivity index (χ0n) is 9.77. The Bertz CT molecular complexity index is 347. The minimum atomic E-state index is -0.939. The van der Waals surface area contributed by atoms with Crippen LogP contribution in [-0.4, -0.2) is 23.6 Å². The molecule has 0 amide bonds. The van der Waals surface area contributed by atoms with Crippen LogP contribution >= 0.6 is 0 Å². The van der Waals surface area contributed by atoms with E-state index in [4.69, 9.17) is 4.74 Å². The van der Waals surface area contributed by atoms with Crippen molar-refractivity contribution in [2.75, 3.05) is 6.61 Å². The van der Waals surface area contributed by atoms with Crippen molar-refractivity contribution in [2.45, 2.75) is 32.8 Å². The van der Waals surface area contributed by atoms with Crippen LogP contribution in [0.1, 0.15) is 37.0 Å². The van der Waals surface area contributed by atoms with Gasteiger partial charge in [0.1, 0.15) is 11.9 Å². The molecule has 0 radical (unpaired) electrons. The maximum Gasteiger partial charge on any atom is 0.194 e. The van der Waals surface area contributed by atoms with Crippen LogP contribution in [0.2, 0.25) is 0 Å². The summed E-state index contributed by atoms with van der Waals surface area (Å²) in [4.78, 5) is 11.8. The Labute approximate surface area is 96.1 Å². The molecule has 3 heteroatoms. The Kier molecular flexibility index (Phi) is 4.99. The summed E-state index contributed by atoms with van der Waals surface area (Å²) >= 11 is 0. The highest BCUT2D eigenvalue weighted by atomic mass is 16.5. The fourth-order valence-electron chi connectivity index (χ4n) is 1.37. The summed E-state index contributed by atoms with van der Waals surface area (Å²) in [5.74, 6) is 0.288. The highest BCUT2D eigenvalue weighted by Gasteiger charge is 2.18. The summed E-state index contributed by atoms with van der Waals surface area (Å²) in [6, 6.07) is 7.03. The van der Waals surface area contributed by atoms with Gasteiger partial charge in [0.05, 0.1) is 12.2 Å². The van der Waals surface area contributed by atoms with E-state index in [2.05, 4.69) is 0 Å². The van der Waals surface area contributed by atoms with Gasteiger partial charge in [-0.05, 0) is 25.0 Å². The zero-order chi connectivity index (χ0) is 12.0. The molecule has 0 fully saturated rings. The SMILES string of the molecule is CCCOc1ccccc1C(=O)C(O)CC. The number of rotatable bonds is 6. The second-order valence-corrected chi connectivity index (χ2v) is 3.63. The van der Waals surface area contributed by atoms with Gasteiger partial charge in [0.25, 0.3) is 0 Å². The van der Waals surface area contributed by atoms with Gasteiger partial charge in [0.2, 0.25) is 0 Å². The smallest absolute Gasteiger partial charge is 0.194 e. The first-order valence-electron chi connectivity index (χ1n) is 5.64. The number of ether oxygens (including phenoxy) is 1.